The zero-order valence-electron chi connectivity index (χ0n) is 13.7. The Balaban J connectivity index is 1.68. The van der Waals surface area contributed by atoms with Gasteiger partial charge in [0.2, 0.25) is 0 Å². The minimum atomic E-state index is 0.212. The number of hydrogen-bond acceptors (Lipinski definition) is 3. The quantitative estimate of drug-likeness (QED) is 0.721. The zero-order chi connectivity index (χ0) is 16.9. The van der Waals surface area contributed by atoms with Crippen molar-refractivity contribution in [3.05, 3.63) is 51.7 Å². The molecule has 1 aromatic heterocycles. The molecule has 2 N–H and O–H groups in total. The number of rotatable bonds is 5. The number of thiophene rings is 1. The number of likely N-dealkylation sites (tertiary alicyclic amines) is 1. The summed E-state index contributed by atoms with van der Waals surface area (Å²) in [6.45, 7) is 4.50. The summed E-state index contributed by atoms with van der Waals surface area (Å²) in [5.74, 6) is 0. The van der Waals surface area contributed by atoms with Crippen LogP contribution < -0.4 is 10.6 Å². The molecule has 2 atom stereocenters. The van der Waals surface area contributed by atoms with Gasteiger partial charge in [-0.3, -0.25) is 4.90 Å². The largest absolute Gasteiger partial charge is 0.358 e. The molecule has 1 aliphatic rings. The molecule has 24 heavy (non-hydrogen) atoms. The Morgan fingerprint density at radius 1 is 1.21 bits per heavy atom. The van der Waals surface area contributed by atoms with Crippen LogP contribution in [0.4, 0.5) is 5.69 Å². The normalized spacial score (nSPS) is 17.4. The molecule has 2 heterocycles. The summed E-state index contributed by atoms with van der Waals surface area (Å²) in [6.07, 6.45) is 2.55. The van der Waals surface area contributed by atoms with Crippen LogP contribution in [-0.4, -0.2) is 29.1 Å². The van der Waals surface area contributed by atoms with E-state index < -0.39 is 0 Å². The summed E-state index contributed by atoms with van der Waals surface area (Å²) in [4.78, 5) is 3.94. The molecule has 1 saturated heterocycles. The lowest BCUT2D eigenvalue weighted by Gasteiger charge is -2.33. The van der Waals surface area contributed by atoms with Crippen LogP contribution in [0.1, 0.15) is 30.7 Å². The molecular formula is C18H22ClN3S2. The van der Waals surface area contributed by atoms with E-state index in [1.54, 1.807) is 0 Å². The molecule has 1 aliphatic heterocycles. The van der Waals surface area contributed by atoms with Gasteiger partial charge in [-0.15, -0.1) is 11.3 Å². The minimum absolute atomic E-state index is 0.212. The van der Waals surface area contributed by atoms with Gasteiger partial charge in [0.25, 0.3) is 0 Å². The van der Waals surface area contributed by atoms with Crippen LogP contribution in [0, 0.1) is 0 Å². The van der Waals surface area contributed by atoms with Crippen molar-refractivity contribution in [2.75, 3.05) is 18.4 Å². The fraction of sp³-hybridized carbons (Fsp3) is 0.389. The molecule has 0 bridgehead atoms. The van der Waals surface area contributed by atoms with E-state index in [2.05, 4.69) is 40.0 Å². The lowest BCUT2D eigenvalue weighted by Crippen LogP contribution is -2.45. The van der Waals surface area contributed by atoms with Gasteiger partial charge in [0.1, 0.15) is 0 Å². The molecule has 3 rings (SSSR count). The summed E-state index contributed by atoms with van der Waals surface area (Å²) in [5.41, 5.74) is 0.831. The molecule has 0 unspecified atom stereocenters. The minimum Gasteiger partial charge on any atom is -0.358 e. The second-order valence-electron chi connectivity index (χ2n) is 6.07. The highest BCUT2D eigenvalue weighted by Crippen LogP contribution is 2.31. The number of anilines is 1. The van der Waals surface area contributed by atoms with E-state index >= 15 is 0 Å². The van der Waals surface area contributed by atoms with Crippen LogP contribution in [0.3, 0.4) is 0 Å². The average Bonchev–Trinajstić information content (AvgIpc) is 3.24. The van der Waals surface area contributed by atoms with Crippen LogP contribution in [-0.2, 0) is 0 Å². The molecule has 0 saturated carbocycles. The van der Waals surface area contributed by atoms with Gasteiger partial charge < -0.3 is 10.6 Å². The van der Waals surface area contributed by atoms with Crippen LogP contribution in [0.2, 0.25) is 5.02 Å². The van der Waals surface area contributed by atoms with Gasteiger partial charge in [-0.2, -0.15) is 0 Å². The maximum atomic E-state index is 6.20. The second kappa shape index (κ2) is 8.30. The third kappa shape index (κ3) is 4.28. The summed E-state index contributed by atoms with van der Waals surface area (Å²) in [6, 6.07) is 12.5. The second-order valence-corrected chi connectivity index (χ2v) is 7.87. The Morgan fingerprint density at radius 2 is 1.96 bits per heavy atom. The van der Waals surface area contributed by atoms with Crippen molar-refractivity contribution in [1.82, 2.24) is 10.2 Å². The Hall–Kier alpha value is -1.14. The fourth-order valence-electron chi connectivity index (χ4n) is 3.23. The zero-order valence-corrected chi connectivity index (χ0v) is 16.1. The number of nitrogens with one attached hydrogen (secondary N) is 2. The average molecular weight is 380 g/mol. The first-order valence-electron chi connectivity index (χ1n) is 8.24. The molecule has 0 aliphatic carbocycles. The van der Waals surface area contributed by atoms with E-state index in [-0.39, 0.29) is 6.04 Å². The first-order valence-corrected chi connectivity index (χ1v) is 9.91. The monoisotopic (exact) mass is 379 g/mol. The Morgan fingerprint density at radius 3 is 2.62 bits per heavy atom. The first-order chi connectivity index (χ1) is 11.6. The molecule has 3 nitrogen and oxygen atoms in total. The molecule has 0 spiro atoms. The number of para-hydroxylation sites is 1. The third-order valence-electron chi connectivity index (χ3n) is 4.32. The SMILES string of the molecule is C[C@@H](NC(=S)Nc1ccccc1Cl)[C@@H](c1cccs1)N1CCCC1. The van der Waals surface area contributed by atoms with Crippen molar-refractivity contribution >= 4 is 46.0 Å². The Bertz CT molecular complexity index is 669. The van der Waals surface area contributed by atoms with Gasteiger partial charge in [0.15, 0.2) is 5.11 Å². The summed E-state index contributed by atoms with van der Waals surface area (Å²) < 4.78 is 0. The fourth-order valence-corrected chi connectivity index (χ4v) is 4.67. The number of benzene rings is 1. The predicted octanol–water partition coefficient (Wildman–Crippen LogP) is 4.91. The van der Waals surface area contributed by atoms with Gasteiger partial charge >= 0.3 is 0 Å². The van der Waals surface area contributed by atoms with Crippen LogP contribution in [0.25, 0.3) is 0 Å². The van der Waals surface area contributed by atoms with Crippen LogP contribution >= 0.6 is 35.2 Å². The first kappa shape index (κ1) is 17.7. The molecule has 1 aromatic carbocycles. The lowest BCUT2D eigenvalue weighted by atomic mass is 10.1. The highest BCUT2D eigenvalue weighted by Gasteiger charge is 2.29. The highest BCUT2D eigenvalue weighted by molar-refractivity contribution is 7.80. The summed E-state index contributed by atoms with van der Waals surface area (Å²) in [5, 5.41) is 10.1. The van der Waals surface area contributed by atoms with Crippen molar-refractivity contribution in [2.24, 2.45) is 0 Å². The molecular weight excluding hydrogens is 358 g/mol. The molecule has 2 aromatic rings. The number of thiocarbonyl (C=S) groups is 1. The van der Waals surface area contributed by atoms with Gasteiger partial charge in [-0.1, -0.05) is 29.8 Å². The van der Waals surface area contributed by atoms with Crippen molar-refractivity contribution < 1.29 is 0 Å². The maximum absolute atomic E-state index is 6.20. The number of halogens is 1. The Labute approximate surface area is 158 Å². The van der Waals surface area contributed by atoms with Crippen molar-refractivity contribution in [3.63, 3.8) is 0 Å². The van der Waals surface area contributed by atoms with E-state index in [0.29, 0.717) is 16.2 Å². The molecule has 0 radical (unpaired) electrons. The molecule has 6 heteroatoms. The topological polar surface area (TPSA) is 27.3 Å². The van der Waals surface area contributed by atoms with Crippen molar-refractivity contribution in [1.29, 1.82) is 0 Å². The van der Waals surface area contributed by atoms with Crippen LogP contribution in [0.15, 0.2) is 41.8 Å². The van der Waals surface area contributed by atoms with E-state index in [1.807, 2.05) is 35.6 Å². The smallest absolute Gasteiger partial charge is 0.171 e. The van der Waals surface area contributed by atoms with Gasteiger partial charge in [0, 0.05) is 10.9 Å². The van der Waals surface area contributed by atoms with Crippen molar-refractivity contribution in [3.8, 4) is 0 Å². The third-order valence-corrected chi connectivity index (χ3v) is 5.82. The highest BCUT2D eigenvalue weighted by atomic mass is 35.5. The van der Waals surface area contributed by atoms with Crippen LogP contribution in [0.5, 0.6) is 0 Å². The van der Waals surface area contributed by atoms with E-state index in [4.69, 9.17) is 23.8 Å². The van der Waals surface area contributed by atoms with Gasteiger partial charge in [-0.05, 0) is 68.7 Å². The standard InChI is InChI=1S/C18H22ClN3S2/c1-13(20-18(23)21-15-8-3-2-7-14(15)19)17(16-9-6-12-24-16)22-10-4-5-11-22/h2-3,6-9,12-13,17H,4-5,10-11H2,1H3,(H2,20,21,23)/t13-,17+/m1/s1. The van der Waals surface area contributed by atoms with E-state index in [0.717, 1.165) is 18.8 Å². The summed E-state index contributed by atoms with van der Waals surface area (Å²) in [7, 11) is 0. The van der Waals surface area contributed by atoms with Gasteiger partial charge in [0.05, 0.1) is 16.8 Å². The predicted molar refractivity (Wildman–Crippen MR) is 108 cm³/mol. The molecule has 0 amide bonds. The van der Waals surface area contributed by atoms with Gasteiger partial charge in [-0.25, -0.2) is 0 Å². The number of nitrogens with zero attached hydrogens (tertiary/aromatic N) is 1. The Kier molecular flexibility index (Phi) is 6.11. The van der Waals surface area contributed by atoms with Crippen molar-refractivity contribution in [2.45, 2.75) is 31.8 Å². The lowest BCUT2D eigenvalue weighted by molar-refractivity contribution is 0.214. The molecule has 1 fully saturated rings. The summed E-state index contributed by atoms with van der Waals surface area (Å²) >= 11 is 13.5. The maximum Gasteiger partial charge on any atom is 0.171 e. The molecule has 128 valence electrons. The van der Waals surface area contributed by atoms with E-state index in [1.165, 1.54) is 17.7 Å². The van der Waals surface area contributed by atoms with E-state index in [9.17, 15) is 0 Å². The number of hydrogen-bond donors (Lipinski definition) is 2.